The fourth-order valence-corrected chi connectivity index (χ4v) is 1.72. The lowest BCUT2D eigenvalue weighted by atomic mass is 10.2. The molecule has 0 aromatic carbocycles. The van der Waals surface area contributed by atoms with Gasteiger partial charge in [0, 0.05) is 31.6 Å². The number of hydrogen-bond acceptors (Lipinski definition) is 4. The van der Waals surface area contributed by atoms with Gasteiger partial charge in [0.25, 0.3) is 5.56 Å². The Morgan fingerprint density at radius 2 is 2.17 bits per heavy atom. The SMILES string of the molecule is CCNCCN(CC)c1cc(=O)[nH]c(C(C)C)n1. The summed E-state index contributed by atoms with van der Waals surface area (Å²) in [6.07, 6.45) is 0. The second-order valence-corrected chi connectivity index (χ2v) is 4.58. The molecule has 5 heteroatoms. The molecule has 0 atom stereocenters. The topological polar surface area (TPSA) is 61.0 Å². The average Bonchev–Trinajstić information content (AvgIpc) is 2.34. The number of rotatable bonds is 7. The molecule has 0 radical (unpaired) electrons. The quantitative estimate of drug-likeness (QED) is 0.719. The summed E-state index contributed by atoms with van der Waals surface area (Å²) >= 11 is 0. The van der Waals surface area contributed by atoms with E-state index in [1.165, 1.54) is 0 Å². The Morgan fingerprint density at radius 1 is 1.44 bits per heavy atom. The first kappa shape index (κ1) is 14.7. The lowest BCUT2D eigenvalue weighted by molar-refractivity contribution is 0.676. The van der Waals surface area contributed by atoms with Gasteiger partial charge in [0.1, 0.15) is 11.6 Å². The molecule has 0 aliphatic carbocycles. The molecule has 0 bridgehead atoms. The lowest BCUT2D eigenvalue weighted by Crippen LogP contribution is -2.33. The van der Waals surface area contributed by atoms with Gasteiger partial charge in [-0.05, 0) is 13.5 Å². The maximum absolute atomic E-state index is 11.6. The van der Waals surface area contributed by atoms with Crippen molar-refractivity contribution in [2.75, 3.05) is 31.1 Å². The Balaban J connectivity index is 2.87. The van der Waals surface area contributed by atoms with Gasteiger partial charge >= 0.3 is 0 Å². The van der Waals surface area contributed by atoms with Crippen LogP contribution in [0.15, 0.2) is 10.9 Å². The van der Waals surface area contributed by atoms with E-state index in [-0.39, 0.29) is 11.5 Å². The van der Waals surface area contributed by atoms with Crippen molar-refractivity contribution in [3.8, 4) is 0 Å². The van der Waals surface area contributed by atoms with Crippen molar-refractivity contribution >= 4 is 5.82 Å². The molecule has 0 aliphatic rings. The number of aromatic nitrogens is 2. The number of anilines is 1. The molecule has 5 nitrogen and oxygen atoms in total. The van der Waals surface area contributed by atoms with Crippen molar-refractivity contribution in [2.24, 2.45) is 0 Å². The van der Waals surface area contributed by atoms with Gasteiger partial charge in [-0.3, -0.25) is 4.79 Å². The minimum Gasteiger partial charge on any atom is -0.355 e. The van der Waals surface area contributed by atoms with Crippen LogP contribution in [0.2, 0.25) is 0 Å². The van der Waals surface area contributed by atoms with Gasteiger partial charge in [0.15, 0.2) is 0 Å². The molecule has 1 heterocycles. The smallest absolute Gasteiger partial charge is 0.252 e. The molecular weight excluding hydrogens is 228 g/mol. The standard InChI is InChI=1S/C13H24N4O/c1-5-14-7-8-17(6-2)11-9-12(18)16-13(15-11)10(3)4/h9-10,14H,5-8H2,1-4H3,(H,15,16,18). The van der Waals surface area contributed by atoms with Crippen LogP contribution in [0.5, 0.6) is 0 Å². The highest BCUT2D eigenvalue weighted by Gasteiger charge is 2.10. The number of likely N-dealkylation sites (N-methyl/N-ethyl adjacent to an activating group) is 2. The fraction of sp³-hybridized carbons (Fsp3) is 0.692. The van der Waals surface area contributed by atoms with Crippen molar-refractivity contribution in [3.05, 3.63) is 22.2 Å². The average molecular weight is 252 g/mol. The number of nitrogens with one attached hydrogen (secondary N) is 2. The van der Waals surface area contributed by atoms with E-state index in [2.05, 4.69) is 34.0 Å². The zero-order valence-corrected chi connectivity index (χ0v) is 11.8. The van der Waals surface area contributed by atoms with Crippen LogP contribution in [0.4, 0.5) is 5.82 Å². The van der Waals surface area contributed by atoms with Crippen LogP contribution >= 0.6 is 0 Å². The van der Waals surface area contributed by atoms with Gasteiger partial charge < -0.3 is 15.2 Å². The third kappa shape index (κ3) is 4.14. The van der Waals surface area contributed by atoms with Crippen LogP contribution < -0.4 is 15.8 Å². The molecular formula is C13H24N4O. The highest BCUT2D eigenvalue weighted by atomic mass is 16.1. The van der Waals surface area contributed by atoms with Crippen molar-refractivity contribution in [1.82, 2.24) is 15.3 Å². The Labute approximate surface area is 109 Å². The highest BCUT2D eigenvalue weighted by Crippen LogP contribution is 2.12. The Morgan fingerprint density at radius 3 is 2.72 bits per heavy atom. The normalized spacial score (nSPS) is 10.9. The Kier molecular flexibility index (Phi) is 5.85. The zero-order valence-electron chi connectivity index (χ0n) is 11.8. The first-order valence-corrected chi connectivity index (χ1v) is 6.65. The van der Waals surface area contributed by atoms with E-state index in [9.17, 15) is 4.79 Å². The van der Waals surface area contributed by atoms with Crippen molar-refractivity contribution in [3.63, 3.8) is 0 Å². The van der Waals surface area contributed by atoms with Gasteiger partial charge in [-0.1, -0.05) is 20.8 Å². The highest BCUT2D eigenvalue weighted by molar-refractivity contribution is 5.37. The van der Waals surface area contributed by atoms with E-state index in [1.54, 1.807) is 6.07 Å². The summed E-state index contributed by atoms with van der Waals surface area (Å²) in [4.78, 5) is 21.1. The molecule has 102 valence electrons. The molecule has 1 aromatic heterocycles. The molecule has 0 saturated heterocycles. The maximum Gasteiger partial charge on any atom is 0.252 e. The monoisotopic (exact) mass is 252 g/mol. The van der Waals surface area contributed by atoms with E-state index >= 15 is 0 Å². The number of H-pyrrole nitrogens is 1. The molecule has 1 rings (SSSR count). The van der Waals surface area contributed by atoms with Gasteiger partial charge in [0.2, 0.25) is 0 Å². The predicted molar refractivity (Wildman–Crippen MR) is 75.4 cm³/mol. The van der Waals surface area contributed by atoms with Crippen LogP contribution in [-0.4, -0.2) is 36.1 Å². The first-order chi connectivity index (χ1) is 8.58. The minimum atomic E-state index is -0.0781. The maximum atomic E-state index is 11.6. The largest absolute Gasteiger partial charge is 0.355 e. The van der Waals surface area contributed by atoms with E-state index in [0.29, 0.717) is 0 Å². The molecule has 0 unspecified atom stereocenters. The molecule has 2 N–H and O–H groups in total. The van der Waals surface area contributed by atoms with Crippen molar-refractivity contribution in [1.29, 1.82) is 0 Å². The van der Waals surface area contributed by atoms with Gasteiger partial charge in [-0.25, -0.2) is 4.98 Å². The van der Waals surface area contributed by atoms with Gasteiger partial charge in [-0.15, -0.1) is 0 Å². The summed E-state index contributed by atoms with van der Waals surface area (Å²) in [7, 11) is 0. The lowest BCUT2D eigenvalue weighted by Gasteiger charge is -2.22. The Hall–Kier alpha value is -1.36. The zero-order chi connectivity index (χ0) is 13.5. The summed E-state index contributed by atoms with van der Waals surface area (Å²) in [5.74, 6) is 1.74. The van der Waals surface area contributed by atoms with Crippen molar-refractivity contribution < 1.29 is 0 Å². The second kappa shape index (κ2) is 7.16. The third-order valence-electron chi connectivity index (χ3n) is 2.81. The number of nitrogens with zero attached hydrogens (tertiary/aromatic N) is 2. The van der Waals surface area contributed by atoms with Crippen LogP contribution in [-0.2, 0) is 0 Å². The van der Waals surface area contributed by atoms with E-state index in [1.807, 2.05) is 13.8 Å². The van der Waals surface area contributed by atoms with Crippen LogP contribution in [0, 0.1) is 0 Å². The molecule has 1 aromatic rings. The van der Waals surface area contributed by atoms with Gasteiger partial charge in [-0.2, -0.15) is 0 Å². The summed E-state index contributed by atoms with van der Waals surface area (Å²) < 4.78 is 0. The molecule has 0 aliphatic heterocycles. The molecule has 18 heavy (non-hydrogen) atoms. The molecule has 0 saturated carbocycles. The predicted octanol–water partition coefficient (Wildman–Crippen LogP) is 1.33. The molecule has 0 spiro atoms. The van der Waals surface area contributed by atoms with E-state index in [4.69, 9.17) is 0 Å². The minimum absolute atomic E-state index is 0.0781. The van der Waals surface area contributed by atoms with E-state index < -0.39 is 0 Å². The summed E-state index contributed by atoms with van der Waals surface area (Å²) in [6, 6.07) is 1.57. The summed E-state index contributed by atoms with van der Waals surface area (Å²) in [5.41, 5.74) is -0.0781. The Bertz CT molecular complexity index is 414. The third-order valence-corrected chi connectivity index (χ3v) is 2.81. The fourth-order valence-electron chi connectivity index (χ4n) is 1.72. The van der Waals surface area contributed by atoms with E-state index in [0.717, 1.165) is 37.8 Å². The second-order valence-electron chi connectivity index (χ2n) is 4.58. The van der Waals surface area contributed by atoms with Crippen molar-refractivity contribution in [2.45, 2.75) is 33.6 Å². The number of aromatic amines is 1. The van der Waals surface area contributed by atoms with Gasteiger partial charge in [0.05, 0.1) is 0 Å². The first-order valence-electron chi connectivity index (χ1n) is 6.65. The summed E-state index contributed by atoms with van der Waals surface area (Å²) in [5, 5.41) is 3.28. The molecule has 0 amide bonds. The van der Waals surface area contributed by atoms with Crippen LogP contribution in [0.25, 0.3) is 0 Å². The number of hydrogen-bond donors (Lipinski definition) is 2. The van der Waals surface area contributed by atoms with Crippen LogP contribution in [0.1, 0.15) is 39.4 Å². The van der Waals surface area contributed by atoms with Crippen LogP contribution in [0.3, 0.4) is 0 Å². The summed E-state index contributed by atoms with van der Waals surface area (Å²) in [6.45, 7) is 11.8. The molecule has 0 fully saturated rings.